The number of fused-ring (bicyclic) bond motifs is 3. The Bertz CT molecular complexity index is 598. The highest BCUT2D eigenvalue weighted by molar-refractivity contribution is 5.85. The van der Waals surface area contributed by atoms with Crippen molar-refractivity contribution < 1.29 is 19.0 Å². The maximum absolute atomic E-state index is 13.2. The zero-order valence-electron chi connectivity index (χ0n) is 19.1. The van der Waals surface area contributed by atoms with Crippen LogP contribution < -0.4 is 0 Å². The predicted molar refractivity (Wildman–Crippen MR) is 114 cm³/mol. The lowest BCUT2D eigenvalue weighted by molar-refractivity contribution is -0.166. The van der Waals surface area contributed by atoms with Gasteiger partial charge in [-0.3, -0.25) is 4.79 Å². The highest BCUT2D eigenvalue weighted by Crippen LogP contribution is 2.63. The van der Waals surface area contributed by atoms with E-state index in [9.17, 15) is 4.79 Å². The zero-order chi connectivity index (χ0) is 20.7. The van der Waals surface area contributed by atoms with Gasteiger partial charge >= 0.3 is 0 Å². The predicted octanol–water partition coefficient (Wildman–Crippen LogP) is 5.53. The molecule has 0 aromatic rings. The second-order valence-electron chi connectivity index (χ2n) is 10.9. The standard InChI is InChI=1S/C25H42O4/c1-5-6-15-27-22-10-8-19-18-7-9-21(26)23(2,20(18)11-12-24(19,22)3)13-14-25(4)28-16-17-29-25/h18-20,22H,5-17H2,1-4H3/t18?,19?,20?,22-,23+,24-/m1/s1. The van der Waals surface area contributed by atoms with Crippen molar-refractivity contribution in [1.29, 1.82) is 0 Å². The fourth-order valence-electron chi connectivity index (χ4n) is 7.38. The lowest BCUT2D eigenvalue weighted by Gasteiger charge is -2.55. The molecule has 3 aliphatic carbocycles. The van der Waals surface area contributed by atoms with Gasteiger partial charge in [0, 0.05) is 24.9 Å². The van der Waals surface area contributed by atoms with E-state index in [2.05, 4.69) is 20.8 Å². The molecule has 3 saturated carbocycles. The van der Waals surface area contributed by atoms with E-state index in [0.717, 1.165) is 38.2 Å². The number of Topliss-reactive ketones (excluding diaryl/α,β-unsaturated/α-hetero) is 1. The van der Waals surface area contributed by atoms with Gasteiger partial charge in [-0.05, 0) is 75.0 Å². The van der Waals surface area contributed by atoms with Crippen LogP contribution in [0, 0.1) is 28.6 Å². The van der Waals surface area contributed by atoms with E-state index >= 15 is 0 Å². The van der Waals surface area contributed by atoms with Gasteiger partial charge in [-0.2, -0.15) is 0 Å². The zero-order valence-corrected chi connectivity index (χ0v) is 19.1. The largest absolute Gasteiger partial charge is 0.378 e. The number of ether oxygens (including phenoxy) is 3. The maximum Gasteiger partial charge on any atom is 0.165 e. The van der Waals surface area contributed by atoms with Gasteiger partial charge in [-0.1, -0.05) is 27.2 Å². The fourth-order valence-corrected chi connectivity index (χ4v) is 7.38. The van der Waals surface area contributed by atoms with E-state index in [1.165, 1.54) is 38.5 Å². The van der Waals surface area contributed by atoms with Crippen LogP contribution in [0.4, 0.5) is 0 Å². The molecule has 4 heteroatoms. The Balaban J connectivity index is 1.47. The van der Waals surface area contributed by atoms with Gasteiger partial charge in [-0.15, -0.1) is 0 Å². The summed E-state index contributed by atoms with van der Waals surface area (Å²) >= 11 is 0. The average molecular weight is 407 g/mol. The van der Waals surface area contributed by atoms with Gasteiger partial charge < -0.3 is 14.2 Å². The molecule has 1 aliphatic heterocycles. The van der Waals surface area contributed by atoms with Gasteiger partial charge in [0.1, 0.15) is 5.78 Å². The summed E-state index contributed by atoms with van der Waals surface area (Å²) < 4.78 is 18.1. The van der Waals surface area contributed by atoms with Gasteiger partial charge in [-0.25, -0.2) is 0 Å². The summed E-state index contributed by atoms with van der Waals surface area (Å²) in [5.74, 6) is 1.90. The molecule has 0 aromatic carbocycles. The second-order valence-corrected chi connectivity index (χ2v) is 10.9. The number of hydrogen-bond acceptors (Lipinski definition) is 4. The Morgan fingerprint density at radius 3 is 2.48 bits per heavy atom. The first-order valence-corrected chi connectivity index (χ1v) is 12.3. The van der Waals surface area contributed by atoms with Crippen molar-refractivity contribution >= 4 is 5.78 Å². The van der Waals surface area contributed by atoms with Crippen molar-refractivity contribution in [3.63, 3.8) is 0 Å². The molecule has 0 bridgehead atoms. The quantitative estimate of drug-likeness (QED) is 0.522. The molecule has 1 saturated heterocycles. The van der Waals surface area contributed by atoms with Crippen molar-refractivity contribution in [3.05, 3.63) is 0 Å². The summed E-state index contributed by atoms with van der Waals surface area (Å²) in [5, 5.41) is 0. The van der Waals surface area contributed by atoms with E-state index in [1.54, 1.807) is 0 Å². The SMILES string of the molecule is CCCCO[C@@H]1CCC2C3CCC(=O)[C@@](C)(CCC4(C)OCCO4)C3CC[C@]21C. The van der Waals surface area contributed by atoms with Crippen LogP contribution in [0.15, 0.2) is 0 Å². The summed E-state index contributed by atoms with van der Waals surface area (Å²) in [7, 11) is 0. The Labute approximate surface area is 177 Å². The molecule has 1 heterocycles. The minimum absolute atomic E-state index is 0.219. The number of hydrogen-bond donors (Lipinski definition) is 0. The van der Waals surface area contributed by atoms with E-state index < -0.39 is 5.79 Å². The molecule has 0 aromatic heterocycles. The summed E-state index contributed by atoms with van der Waals surface area (Å²) in [4.78, 5) is 13.2. The minimum Gasteiger partial charge on any atom is -0.378 e. The number of ketones is 1. The van der Waals surface area contributed by atoms with Crippen molar-refractivity contribution in [2.75, 3.05) is 19.8 Å². The average Bonchev–Trinajstić information content (AvgIpc) is 3.28. The van der Waals surface area contributed by atoms with Crippen molar-refractivity contribution in [2.45, 2.75) is 104 Å². The second kappa shape index (κ2) is 8.24. The number of unbranched alkanes of at least 4 members (excludes halogenated alkanes) is 1. The maximum atomic E-state index is 13.2. The van der Waals surface area contributed by atoms with E-state index in [4.69, 9.17) is 14.2 Å². The molecular weight excluding hydrogens is 364 g/mol. The van der Waals surface area contributed by atoms with Crippen molar-refractivity contribution in [2.24, 2.45) is 28.6 Å². The Hall–Kier alpha value is -0.450. The third-order valence-corrected chi connectivity index (χ3v) is 9.32. The third-order valence-electron chi connectivity index (χ3n) is 9.32. The highest BCUT2D eigenvalue weighted by atomic mass is 16.7. The monoisotopic (exact) mass is 406 g/mol. The van der Waals surface area contributed by atoms with Gasteiger partial charge in [0.25, 0.3) is 0 Å². The molecule has 3 unspecified atom stereocenters. The number of rotatable bonds is 7. The van der Waals surface area contributed by atoms with Crippen LogP contribution in [0.2, 0.25) is 0 Å². The lowest BCUT2D eigenvalue weighted by atomic mass is 9.49. The molecule has 4 aliphatic rings. The highest BCUT2D eigenvalue weighted by Gasteiger charge is 2.60. The Kier molecular flexibility index (Phi) is 6.18. The summed E-state index contributed by atoms with van der Waals surface area (Å²) in [6, 6.07) is 0. The Morgan fingerprint density at radius 2 is 1.76 bits per heavy atom. The topological polar surface area (TPSA) is 44.8 Å². The summed E-state index contributed by atoms with van der Waals surface area (Å²) in [5.41, 5.74) is 0.0869. The Morgan fingerprint density at radius 1 is 1.00 bits per heavy atom. The van der Waals surface area contributed by atoms with Gasteiger partial charge in [0.2, 0.25) is 0 Å². The first kappa shape index (κ1) is 21.8. The molecule has 29 heavy (non-hydrogen) atoms. The molecule has 166 valence electrons. The van der Waals surface area contributed by atoms with Crippen LogP contribution in [-0.2, 0) is 19.0 Å². The van der Waals surface area contributed by atoms with Crippen LogP contribution in [0.25, 0.3) is 0 Å². The van der Waals surface area contributed by atoms with Crippen LogP contribution in [-0.4, -0.2) is 37.5 Å². The molecule has 0 N–H and O–H groups in total. The van der Waals surface area contributed by atoms with Crippen LogP contribution in [0.3, 0.4) is 0 Å². The molecule has 4 nitrogen and oxygen atoms in total. The van der Waals surface area contributed by atoms with E-state index in [1.807, 2.05) is 6.92 Å². The normalized spacial score (nSPS) is 43.9. The molecule has 0 spiro atoms. The van der Waals surface area contributed by atoms with Crippen LogP contribution in [0.1, 0.15) is 91.9 Å². The minimum atomic E-state index is -0.495. The summed E-state index contributed by atoms with van der Waals surface area (Å²) in [6.45, 7) is 11.3. The molecule has 6 atom stereocenters. The van der Waals surface area contributed by atoms with Crippen LogP contribution >= 0.6 is 0 Å². The third kappa shape index (κ3) is 3.83. The van der Waals surface area contributed by atoms with Gasteiger partial charge in [0.05, 0.1) is 19.3 Å². The van der Waals surface area contributed by atoms with Crippen LogP contribution in [0.5, 0.6) is 0 Å². The molecule has 0 radical (unpaired) electrons. The molecular formula is C25H42O4. The van der Waals surface area contributed by atoms with Crippen molar-refractivity contribution in [1.82, 2.24) is 0 Å². The lowest BCUT2D eigenvalue weighted by Crippen LogP contribution is -2.53. The first-order chi connectivity index (χ1) is 13.8. The number of carbonyl (C=O) groups is 1. The fraction of sp³-hybridized carbons (Fsp3) is 0.960. The molecule has 4 rings (SSSR count). The smallest absolute Gasteiger partial charge is 0.165 e. The van der Waals surface area contributed by atoms with Gasteiger partial charge in [0.15, 0.2) is 5.79 Å². The first-order valence-electron chi connectivity index (χ1n) is 12.3. The molecule has 4 fully saturated rings. The van der Waals surface area contributed by atoms with E-state index in [0.29, 0.717) is 42.4 Å². The van der Waals surface area contributed by atoms with Crippen molar-refractivity contribution in [3.8, 4) is 0 Å². The molecule has 0 amide bonds. The number of carbonyl (C=O) groups excluding carboxylic acids is 1. The van der Waals surface area contributed by atoms with E-state index in [-0.39, 0.29) is 5.41 Å². The summed E-state index contributed by atoms with van der Waals surface area (Å²) in [6.07, 6.45) is 11.2.